The molecular weight excluding hydrogens is 248 g/mol. The first-order chi connectivity index (χ1) is 8.51. The Morgan fingerprint density at radius 1 is 1.33 bits per heavy atom. The minimum atomic E-state index is -3.41. The summed E-state index contributed by atoms with van der Waals surface area (Å²) in [7, 11) is -3.41. The van der Waals surface area contributed by atoms with E-state index in [1.54, 1.807) is 30.3 Å². The second-order valence-electron chi connectivity index (χ2n) is 4.37. The van der Waals surface area contributed by atoms with Crippen molar-refractivity contribution >= 4 is 9.84 Å². The standard InChI is InChI=1S/C14H16O3S/c1-3-12-6-7-13(17-12)10-18(15,16)14-8-4-11(2)5-9-14/h3-5,8-10,12H,1,6-7H2,2H3/b13-10+. The summed E-state index contributed by atoms with van der Waals surface area (Å²) in [6, 6.07) is 6.80. The van der Waals surface area contributed by atoms with Crippen molar-refractivity contribution in [2.24, 2.45) is 0 Å². The van der Waals surface area contributed by atoms with Crippen molar-refractivity contribution < 1.29 is 13.2 Å². The van der Waals surface area contributed by atoms with Crippen LogP contribution in [0.1, 0.15) is 18.4 Å². The van der Waals surface area contributed by atoms with Gasteiger partial charge in [0.15, 0.2) is 0 Å². The lowest BCUT2D eigenvalue weighted by atomic mass is 10.2. The Kier molecular flexibility index (Phi) is 3.57. The maximum atomic E-state index is 12.1. The van der Waals surface area contributed by atoms with E-state index in [0.717, 1.165) is 12.0 Å². The molecule has 2 rings (SSSR count). The Bertz CT molecular complexity index is 568. The van der Waals surface area contributed by atoms with Gasteiger partial charge in [0.1, 0.15) is 11.9 Å². The largest absolute Gasteiger partial charge is 0.490 e. The van der Waals surface area contributed by atoms with Gasteiger partial charge in [-0.15, -0.1) is 0 Å². The third-order valence-electron chi connectivity index (χ3n) is 2.88. The van der Waals surface area contributed by atoms with E-state index >= 15 is 0 Å². The summed E-state index contributed by atoms with van der Waals surface area (Å²) in [6.45, 7) is 5.56. The highest BCUT2D eigenvalue weighted by molar-refractivity contribution is 7.94. The van der Waals surface area contributed by atoms with Gasteiger partial charge in [0.05, 0.1) is 10.3 Å². The molecule has 1 saturated heterocycles. The van der Waals surface area contributed by atoms with Crippen molar-refractivity contribution in [2.45, 2.75) is 30.8 Å². The van der Waals surface area contributed by atoms with Gasteiger partial charge in [0.2, 0.25) is 9.84 Å². The summed E-state index contributed by atoms with van der Waals surface area (Å²) in [4.78, 5) is 0.297. The summed E-state index contributed by atoms with van der Waals surface area (Å²) in [5.41, 5.74) is 1.03. The van der Waals surface area contributed by atoms with Crippen LogP contribution in [-0.2, 0) is 14.6 Å². The molecule has 0 bridgehead atoms. The van der Waals surface area contributed by atoms with Crippen LogP contribution >= 0.6 is 0 Å². The fourth-order valence-electron chi connectivity index (χ4n) is 1.82. The molecule has 0 N–H and O–H groups in total. The van der Waals surface area contributed by atoms with Gasteiger partial charge >= 0.3 is 0 Å². The molecule has 1 unspecified atom stereocenters. The number of benzene rings is 1. The highest BCUT2D eigenvalue weighted by atomic mass is 32.2. The Balaban J connectivity index is 2.25. The van der Waals surface area contributed by atoms with Gasteiger partial charge in [0, 0.05) is 6.42 Å². The molecule has 1 aromatic rings. The third-order valence-corrected chi connectivity index (χ3v) is 4.38. The monoisotopic (exact) mass is 264 g/mol. The molecule has 0 aromatic heterocycles. The van der Waals surface area contributed by atoms with Crippen LogP contribution < -0.4 is 0 Å². The van der Waals surface area contributed by atoms with Crippen LogP contribution in [0.15, 0.2) is 53.0 Å². The average Bonchev–Trinajstić information content (AvgIpc) is 2.76. The maximum absolute atomic E-state index is 12.1. The number of sulfone groups is 1. The lowest BCUT2D eigenvalue weighted by Gasteiger charge is -2.05. The fraction of sp³-hybridized carbons (Fsp3) is 0.286. The van der Waals surface area contributed by atoms with E-state index in [1.807, 2.05) is 6.92 Å². The van der Waals surface area contributed by atoms with E-state index in [9.17, 15) is 8.42 Å². The van der Waals surface area contributed by atoms with E-state index in [0.29, 0.717) is 17.1 Å². The minimum Gasteiger partial charge on any atom is -0.490 e. The molecule has 0 amide bonds. The minimum absolute atomic E-state index is 0.0653. The topological polar surface area (TPSA) is 43.4 Å². The maximum Gasteiger partial charge on any atom is 0.203 e. The fourth-order valence-corrected chi connectivity index (χ4v) is 2.99. The summed E-state index contributed by atoms with van der Waals surface area (Å²) < 4.78 is 29.7. The van der Waals surface area contributed by atoms with Crippen molar-refractivity contribution in [3.05, 3.63) is 53.7 Å². The Morgan fingerprint density at radius 2 is 2.00 bits per heavy atom. The second-order valence-corrected chi connectivity index (χ2v) is 6.17. The van der Waals surface area contributed by atoms with Crippen molar-refractivity contribution in [1.29, 1.82) is 0 Å². The van der Waals surface area contributed by atoms with Gasteiger partial charge in [0.25, 0.3) is 0 Å². The molecule has 1 heterocycles. The molecular formula is C14H16O3S. The molecule has 4 heteroatoms. The van der Waals surface area contributed by atoms with Crippen molar-refractivity contribution in [1.82, 2.24) is 0 Å². The summed E-state index contributed by atoms with van der Waals surface area (Å²) in [5, 5.41) is 1.22. The zero-order chi connectivity index (χ0) is 13.2. The second kappa shape index (κ2) is 4.98. The first-order valence-electron chi connectivity index (χ1n) is 5.83. The Morgan fingerprint density at radius 3 is 2.56 bits per heavy atom. The molecule has 18 heavy (non-hydrogen) atoms. The van der Waals surface area contributed by atoms with E-state index < -0.39 is 9.84 Å². The van der Waals surface area contributed by atoms with E-state index in [1.165, 1.54) is 5.41 Å². The zero-order valence-electron chi connectivity index (χ0n) is 10.3. The Labute approximate surface area is 108 Å². The van der Waals surface area contributed by atoms with Gasteiger partial charge in [-0.2, -0.15) is 0 Å². The number of allylic oxidation sites excluding steroid dienone is 1. The molecule has 1 aliphatic heterocycles. The predicted octanol–water partition coefficient (Wildman–Crippen LogP) is 2.98. The third kappa shape index (κ3) is 2.82. The normalized spacial score (nSPS) is 21.8. The first-order valence-corrected chi connectivity index (χ1v) is 7.37. The summed E-state index contributed by atoms with van der Waals surface area (Å²) in [5.74, 6) is 0.514. The van der Waals surface area contributed by atoms with Crippen LogP contribution in [0, 0.1) is 6.92 Å². The smallest absolute Gasteiger partial charge is 0.203 e. The van der Waals surface area contributed by atoms with Crippen molar-refractivity contribution in [3.63, 3.8) is 0 Å². The van der Waals surface area contributed by atoms with Crippen LogP contribution in [0.25, 0.3) is 0 Å². The van der Waals surface area contributed by atoms with E-state index in [2.05, 4.69) is 6.58 Å². The van der Waals surface area contributed by atoms with Crippen molar-refractivity contribution in [3.8, 4) is 0 Å². The van der Waals surface area contributed by atoms with Crippen LogP contribution in [-0.4, -0.2) is 14.5 Å². The van der Waals surface area contributed by atoms with Gasteiger partial charge in [-0.1, -0.05) is 30.4 Å². The molecule has 1 aromatic carbocycles. The molecule has 0 saturated carbocycles. The molecule has 1 aliphatic rings. The van der Waals surface area contributed by atoms with Gasteiger partial charge < -0.3 is 4.74 Å². The summed E-state index contributed by atoms with van der Waals surface area (Å²) >= 11 is 0. The van der Waals surface area contributed by atoms with Crippen LogP contribution in [0.3, 0.4) is 0 Å². The number of hydrogen-bond donors (Lipinski definition) is 0. The van der Waals surface area contributed by atoms with Crippen molar-refractivity contribution in [2.75, 3.05) is 0 Å². The van der Waals surface area contributed by atoms with Gasteiger partial charge in [-0.25, -0.2) is 8.42 Å². The molecule has 1 fully saturated rings. The Hall–Kier alpha value is -1.55. The summed E-state index contributed by atoms with van der Waals surface area (Å²) in [6.07, 6.45) is 3.06. The zero-order valence-corrected chi connectivity index (χ0v) is 11.1. The molecule has 1 atom stereocenters. The predicted molar refractivity (Wildman–Crippen MR) is 70.8 cm³/mol. The number of rotatable bonds is 3. The van der Waals surface area contributed by atoms with Crippen LogP contribution in [0.5, 0.6) is 0 Å². The molecule has 0 aliphatic carbocycles. The molecule has 0 spiro atoms. The van der Waals surface area contributed by atoms with Gasteiger partial charge in [-0.3, -0.25) is 0 Å². The lowest BCUT2D eigenvalue weighted by molar-refractivity contribution is 0.202. The number of aryl methyl sites for hydroxylation is 1. The average molecular weight is 264 g/mol. The quantitative estimate of drug-likeness (QED) is 0.788. The number of ether oxygens (including phenoxy) is 1. The highest BCUT2D eigenvalue weighted by Gasteiger charge is 2.21. The molecule has 0 radical (unpaired) electrons. The number of hydrogen-bond acceptors (Lipinski definition) is 3. The molecule has 96 valence electrons. The van der Waals surface area contributed by atoms with E-state index in [4.69, 9.17) is 4.74 Å². The SMILES string of the molecule is C=CC1CC/C(=C\S(=O)(=O)c2ccc(C)cc2)O1. The lowest BCUT2D eigenvalue weighted by Crippen LogP contribution is -2.00. The van der Waals surface area contributed by atoms with Gasteiger partial charge in [-0.05, 0) is 25.5 Å². The van der Waals surface area contributed by atoms with Crippen LogP contribution in [0.4, 0.5) is 0 Å². The first kappa shape index (κ1) is 12.9. The highest BCUT2D eigenvalue weighted by Crippen LogP contribution is 2.26. The van der Waals surface area contributed by atoms with Crippen LogP contribution in [0.2, 0.25) is 0 Å². The van der Waals surface area contributed by atoms with E-state index in [-0.39, 0.29) is 6.10 Å². The molecule has 3 nitrogen and oxygen atoms in total.